The molecule has 2 N–H and O–H groups in total. The monoisotopic (exact) mass is 356 g/mol. The lowest BCUT2D eigenvalue weighted by Crippen LogP contribution is -2.61. The molecule has 26 heavy (non-hydrogen) atoms. The third-order valence-electron chi connectivity index (χ3n) is 8.98. The second kappa shape index (κ2) is 5.26. The average molecular weight is 357 g/mol. The molecule has 0 spiro atoms. The van der Waals surface area contributed by atoms with E-state index in [0.717, 1.165) is 54.8 Å². The van der Waals surface area contributed by atoms with Gasteiger partial charge in [-0.15, -0.1) is 0 Å². The van der Waals surface area contributed by atoms with Gasteiger partial charge < -0.3 is 10.4 Å². The van der Waals surface area contributed by atoms with Crippen LogP contribution in [0.25, 0.3) is 0 Å². The van der Waals surface area contributed by atoms with Crippen LogP contribution in [0.1, 0.15) is 77.0 Å². The Morgan fingerprint density at radius 1 is 0.731 bits per heavy atom. The van der Waals surface area contributed by atoms with Crippen LogP contribution in [0.3, 0.4) is 0 Å². The second-order valence-corrected chi connectivity index (χ2v) is 11.2. The molecule has 8 aliphatic rings. The largest absolute Gasteiger partial charge is 0.475 e. The zero-order valence-corrected chi connectivity index (χ0v) is 15.8. The molecule has 8 saturated carbocycles. The van der Waals surface area contributed by atoms with Gasteiger partial charge >= 0.3 is 5.97 Å². The molecule has 0 heterocycles. The van der Waals surface area contributed by atoms with Crippen molar-refractivity contribution in [1.29, 1.82) is 0 Å². The van der Waals surface area contributed by atoms with Gasteiger partial charge in [0, 0.05) is 5.54 Å². The summed E-state index contributed by atoms with van der Waals surface area (Å²) < 4.78 is 0. The number of carbonyl (C=O) groups is 1. The lowest BCUT2D eigenvalue weighted by molar-refractivity contribution is -0.130. The second-order valence-electron chi connectivity index (χ2n) is 11.2. The first-order chi connectivity index (χ1) is 12.5. The summed E-state index contributed by atoms with van der Waals surface area (Å²) in [5.74, 6) is 4.37. The van der Waals surface area contributed by atoms with E-state index in [2.05, 4.69) is 5.32 Å². The Morgan fingerprint density at radius 3 is 1.50 bits per heavy atom. The lowest BCUT2D eigenvalue weighted by atomic mass is 9.53. The van der Waals surface area contributed by atoms with E-state index < -0.39 is 5.97 Å². The van der Waals surface area contributed by atoms with Gasteiger partial charge in [-0.3, -0.25) is 4.99 Å². The SMILES string of the molecule is O=C(O)C(=NC12CC3CC(CC(C3)C1)C2)NC12CC3CC(CC(C3)C1)C2. The van der Waals surface area contributed by atoms with Crippen molar-refractivity contribution in [2.75, 3.05) is 0 Å². The maximum absolute atomic E-state index is 12.2. The van der Waals surface area contributed by atoms with Crippen LogP contribution in [-0.2, 0) is 4.79 Å². The molecule has 8 fully saturated rings. The number of aliphatic carboxylic acids is 1. The first-order valence-electron chi connectivity index (χ1n) is 11.1. The zero-order chi connectivity index (χ0) is 17.5. The Bertz CT molecular complexity index is 596. The fourth-order valence-electron chi connectivity index (χ4n) is 9.08. The van der Waals surface area contributed by atoms with Crippen molar-refractivity contribution in [3.8, 4) is 0 Å². The van der Waals surface area contributed by atoms with Gasteiger partial charge in [0.25, 0.3) is 0 Å². The number of hydrogen-bond acceptors (Lipinski definition) is 2. The highest BCUT2D eigenvalue weighted by molar-refractivity contribution is 6.34. The van der Waals surface area contributed by atoms with E-state index in [1.807, 2.05) is 0 Å². The third-order valence-corrected chi connectivity index (χ3v) is 8.98. The van der Waals surface area contributed by atoms with Gasteiger partial charge in [-0.05, 0) is 113 Å². The molecular weight excluding hydrogens is 324 g/mol. The number of carboxylic acids is 1. The average Bonchev–Trinajstić information content (AvgIpc) is 2.50. The summed E-state index contributed by atoms with van der Waals surface area (Å²) in [5.41, 5.74) is -0.0218. The molecule has 0 atom stereocenters. The molecule has 0 aromatic heterocycles. The van der Waals surface area contributed by atoms with Crippen molar-refractivity contribution in [3.63, 3.8) is 0 Å². The number of carboxylic acid groups (broad SMARTS) is 1. The molecule has 0 saturated heterocycles. The molecule has 8 aliphatic carbocycles. The van der Waals surface area contributed by atoms with Crippen LogP contribution in [0.4, 0.5) is 0 Å². The van der Waals surface area contributed by atoms with Gasteiger partial charge in [-0.2, -0.15) is 0 Å². The Morgan fingerprint density at radius 2 is 1.12 bits per heavy atom. The lowest BCUT2D eigenvalue weighted by Gasteiger charge is -2.57. The number of amidine groups is 1. The van der Waals surface area contributed by atoms with E-state index in [4.69, 9.17) is 4.99 Å². The van der Waals surface area contributed by atoms with E-state index in [1.54, 1.807) is 0 Å². The number of rotatable bonds is 2. The van der Waals surface area contributed by atoms with Gasteiger partial charge in [0.1, 0.15) is 0 Å². The summed E-state index contributed by atoms with van der Waals surface area (Å²) in [5, 5.41) is 13.6. The summed E-state index contributed by atoms with van der Waals surface area (Å²) in [4.78, 5) is 17.2. The van der Waals surface area contributed by atoms with Crippen LogP contribution >= 0.6 is 0 Å². The van der Waals surface area contributed by atoms with Crippen LogP contribution in [-0.4, -0.2) is 28.0 Å². The quantitative estimate of drug-likeness (QED) is 0.581. The predicted octanol–water partition coefficient (Wildman–Crippen LogP) is 4.00. The summed E-state index contributed by atoms with van der Waals surface area (Å²) in [6, 6.07) is 0. The van der Waals surface area contributed by atoms with Crippen molar-refractivity contribution in [1.82, 2.24) is 5.32 Å². The van der Waals surface area contributed by atoms with E-state index in [9.17, 15) is 9.90 Å². The summed E-state index contributed by atoms with van der Waals surface area (Å²) in [6.07, 6.45) is 15.2. The van der Waals surface area contributed by atoms with E-state index in [1.165, 1.54) is 57.8 Å². The standard InChI is InChI=1S/C22H32N2O2/c25-20(26)19(23-21-7-13-1-14(8-21)3-15(2-13)9-21)24-22-10-16-4-17(11-22)6-18(5-16)12-22/h13-18H,1-12H2,(H,23,24)(H,25,26). The normalized spacial score (nSPS) is 53.9. The first kappa shape index (κ1) is 15.9. The van der Waals surface area contributed by atoms with E-state index in [-0.39, 0.29) is 11.1 Å². The Labute approximate surface area is 156 Å². The molecule has 0 aromatic rings. The number of aliphatic imine (C=N–C) groups is 1. The van der Waals surface area contributed by atoms with Crippen molar-refractivity contribution < 1.29 is 9.90 Å². The molecule has 4 heteroatoms. The first-order valence-corrected chi connectivity index (χ1v) is 11.1. The number of nitrogens with zero attached hydrogens (tertiary/aromatic N) is 1. The smallest absolute Gasteiger partial charge is 0.371 e. The van der Waals surface area contributed by atoms with Gasteiger partial charge in [0.2, 0.25) is 5.84 Å². The topological polar surface area (TPSA) is 61.7 Å². The fraction of sp³-hybridized carbons (Fsp3) is 0.909. The molecule has 142 valence electrons. The highest BCUT2D eigenvalue weighted by Crippen LogP contribution is 2.58. The van der Waals surface area contributed by atoms with Gasteiger partial charge in [0.15, 0.2) is 0 Å². The Balaban J connectivity index is 1.30. The van der Waals surface area contributed by atoms with Crippen LogP contribution in [0.2, 0.25) is 0 Å². The maximum Gasteiger partial charge on any atom is 0.371 e. The molecule has 0 radical (unpaired) electrons. The molecule has 8 rings (SSSR count). The van der Waals surface area contributed by atoms with E-state index in [0.29, 0.717) is 5.84 Å². The van der Waals surface area contributed by atoms with E-state index >= 15 is 0 Å². The molecule has 0 aliphatic heterocycles. The molecule has 0 aromatic carbocycles. The molecule has 0 amide bonds. The number of hydrogen-bond donors (Lipinski definition) is 2. The van der Waals surface area contributed by atoms with Crippen molar-refractivity contribution in [2.24, 2.45) is 40.5 Å². The molecule has 8 bridgehead atoms. The minimum atomic E-state index is -0.823. The Hall–Kier alpha value is -1.06. The van der Waals surface area contributed by atoms with Crippen LogP contribution in [0, 0.1) is 35.5 Å². The summed E-state index contributed by atoms with van der Waals surface area (Å²) in [7, 11) is 0. The van der Waals surface area contributed by atoms with Crippen molar-refractivity contribution >= 4 is 11.8 Å². The van der Waals surface area contributed by atoms with Gasteiger partial charge in [0.05, 0.1) is 5.54 Å². The summed E-state index contributed by atoms with van der Waals surface area (Å²) in [6.45, 7) is 0. The van der Waals surface area contributed by atoms with Crippen molar-refractivity contribution in [2.45, 2.75) is 88.1 Å². The summed E-state index contributed by atoms with van der Waals surface area (Å²) >= 11 is 0. The fourth-order valence-corrected chi connectivity index (χ4v) is 9.08. The van der Waals surface area contributed by atoms with Crippen LogP contribution < -0.4 is 5.32 Å². The maximum atomic E-state index is 12.2. The van der Waals surface area contributed by atoms with Crippen LogP contribution in [0.15, 0.2) is 4.99 Å². The molecule has 0 unspecified atom stereocenters. The highest BCUT2D eigenvalue weighted by atomic mass is 16.4. The zero-order valence-electron chi connectivity index (χ0n) is 15.8. The predicted molar refractivity (Wildman–Crippen MR) is 100 cm³/mol. The molecule has 4 nitrogen and oxygen atoms in total. The minimum Gasteiger partial charge on any atom is -0.475 e. The van der Waals surface area contributed by atoms with Crippen molar-refractivity contribution in [3.05, 3.63) is 0 Å². The highest BCUT2D eigenvalue weighted by Gasteiger charge is 2.54. The third kappa shape index (κ3) is 2.46. The number of nitrogens with one attached hydrogen (secondary N) is 1. The van der Waals surface area contributed by atoms with Gasteiger partial charge in [-0.25, -0.2) is 4.79 Å². The van der Waals surface area contributed by atoms with Gasteiger partial charge in [-0.1, -0.05) is 0 Å². The molecular formula is C22H32N2O2. The minimum absolute atomic E-state index is 0.0360. The van der Waals surface area contributed by atoms with Crippen LogP contribution in [0.5, 0.6) is 0 Å². The Kier molecular flexibility index (Phi) is 3.23.